The summed E-state index contributed by atoms with van der Waals surface area (Å²) < 4.78 is 26.2. The number of urea groups is 1. The second-order valence-electron chi connectivity index (χ2n) is 4.94. The van der Waals surface area contributed by atoms with Crippen LogP contribution in [0.1, 0.15) is 28.9 Å². The summed E-state index contributed by atoms with van der Waals surface area (Å²) in [4.78, 5) is 23.0. The Labute approximate surface area is 131 Å². The van der Waals surface area contributed by atoms with Crippen LogP contribution in [-0.2, 0) is 0 Å². The molecule has 0 bridgehead atoms. The van der Waals surface area contributed by atoms with Crippen molar-refractivity contribution >= 4 is 17.6 Å². The average Bonchev–Trinajstić information content (AvgIpc) is 2.49. The van der Waals surface area contributed by atoms with E-state index in [4.69, 9.17) is 5.73 Å². The molecule has 2 rings (SSSR count). The van der Waals surface area contributed by atoms with Gasteiger partial charge in [0, 0.05) is 11.3 Å². The van der Waals surface area contributed by atoms with Crippen LogP contribution in [0, 0.1) is 11.6 Å². The lowest BCUT2D eigenvalue weighted by atomic mass is 10.1. The lowest BCUT2D eigenvalue weighted by molar-refractivity contribution is 0.0939. The van der Waals surface area contributed by atoms with Gasteiger partial charge in [0.25, 0.3) is 5.91 Å². The van der Waals surface area contributed by atoms with E-state index in [1.165, 1.54) is 12.1 Å². The molecule has 0 saturated heterocycles. The fraction of sp³-hybridized carbons (Fsp3) is 0.125. The first-order chi connectivity index (χ1) is 10.9. The number of carbonyl (C=O) groups is 2. The van der Waals surface area contributed by atoms with Gasteiger partial charge in [0.15, 0.2) is 11.6 Å². The third-order valence-electron chi connectivity index (χ3n) is 3.18. The van der Waals surface area contributed by atoms with Crippen LogP contribution in [0.25, 0.3) is 0 Å². The summed E-state index contributed by atoms with van der Waals surface area (Å²) in [6, 6.07) is 8.35. The van der Waals surface area contributed by atoms with Crippen LogP contribution in [0.3, 0.4) is 0 Å². The largest absolute Gasteiger partial charge is 0.351 e. The number of anilines is 1. The molecule has 0 heterocycles. The lowest BCUT2D eigenvalue weighted by Crippen LogP contribution is -2.27. The van der Waals surface area contributed by atoms with Crippen molar-refractivity contribution < 1.29 is 18.4 Å². The number of rotatable bonds is 4. The van der Waals surface area contributed by atoms with Crippen LogP contribution >= 0.6 is 0 Å². The second kappa shape index (κ2) is 6.87. The van der Waals surface area contributed by atoms with Crippen LogP contribution < -0.4 is 16.4 Å². The molecule has 2 aromatic rings. The molecule has 3 amide bonds. The van der Waals surface area contributed by atoms with Crippen LogP contribution in [0.15, 0.2) is 42.5 Å². The molecule has 0 radical (unpaired) electrons. The summed E-state index contributed by atoms with van der Waals surface area (Å²) in [6.45, 7) is 1.65. The first-order valence-electron chi connectivity index (χ1n) is 6.79. The van der Waals surface area contributed by atoms with Gasteiger partial charge in [-0.15, -0.1) is 0 Å². The zero-order valence-corrected chi connectivity index (χ0v) is 12.3. The molecule has 0 aromatic heterocycles. The van der Waals surface area contributed by atoms with Gasteiger partial charge in [-0.05, 0) is 42.8 Å². The number of hydrogen-bond acceptors (Lipinski definition) is 2. The van der Waals surface area contributed by atoms with Crippen molar-refractivity contribution in [3.8, 4) is 0 Å². The maximum atomic E-state index is 13.2. The van der Waals surface area contributed by atoms with Crippen molar-refractivity contribution in [2.24, 2.45) is 5.73 Å². The number of halogens is 2. The molecular formula is C16H15F2N3O2. The highest BCUT2D eigenvalue weighted by molar-refractivity contribution is 5.96. The van der Waals surface area contributed by atoms with Crippen molar-refractivity contribution in [1.82, 2.24) is 5.32 Å². The van der Waals surface area contributed by atoms with E-state index in [0.717, 1.165) is 12.1 Å². The predicted molar refractivity (Wildman–Crippen MR) is 81.9 cm³/mol. The van der Waals surface area contributed by atoms with E-state index < -0.39 is 29.6 Å². The highest BCUT2D eigenvalue weighted by Gasteiger charge is 2.14. The van der Waals surface area contributed by atoms with Gasteiger partial charge in [-0.25, -0.2) is 13.6 Å². The van der Waals surface area contributed by atoms with E-state index in [0.29, 0.717) is 16.8 Å². The first kappa shape index (κ1) is 16.4. The first-order valence-corrected chi connectivity index (χ1v) is 6.79. The van der Waals surface area contributed by atoms with E-state index in [9.17, 15) is 18.4 Å². The Kier molecular flexibility index (Phi) is 4.90. The number of carbonyl (C=O) groups excluding carboxylic acids is 2. The van der Waals surface area contributed by atoms with Crippen LogP contribution in [-0.4, -0.2) is 11.9 Å². The summed E-state index contributed by atoms with van der Waals surface area (Å²) in [5.74, 6) is -2.34. The van der Waals surface area contributed by atoms with E-state index in [-0.39, 0.29) is 0 Å². The second-order valence-corrected chi connectivity index (χ2v) is 4.94. The normalized spacial score (nSPS) is 11.6. The molecule has 4 N–H and O–H groups in total. The molecule has 5 nitrogen and oxygen atoms in total. The van der Waals surface area contributed by atoms with Crippen molar-refractivity contribution in [1.29, 1.82) is 0 Å². The van der Waals surface area contributed by atoms with E-state index in [1.807, 2.05) is 0 Å². The van der Waals surface area contributed by atoms with Crippen molar-refractivity contribution in [3.63, 3.8) is 0 Å². The smallest absolute Gasteiger partial charge is 0.316 e. The molecular weight excluding hydrogens is 304 g/mol. The number of nitrogens with two attached hydrogens (primary N) is 1. The van der Waals surface area contributed by atoms with Gasteiger partial charge in [0.05, 0.1) is 6.04 Å². The third kappa shape index (κ3) is 4.26. The number of hydrogen-bond donors (Lipinski definition) is 3. The van der Waals surface area contributed by atoms with Gasteiger partial charge in [0.2, 0.25) is 0 Å². The summed E-state index contributed by atoms with van der Waals surface area (Å²) in [5, 5.41) is 5.03. The van der Waals surface area contributed by atoms with Crippen molar-refractivity contribution in [2.45, 2.75) is 13.0 Å². The Bertz CT molecular complexity index is 750. The average molecular weight is 319 g/mol. The van der Waals surface area contributed by atoms with Crippen molar-refractivity contribution in [2.75, 3.05) is 5.32 Å². The third-order valence-corrected chi connectivity index (χ3v) is 3.18. The zero-order chi connectivity index (χ0) is 17.0. The standard InChI is InChI=1S/C16H15F2N3O2/c1-9(10-5-6-13(17)14(18)8-10)20-15(22)11-3-2-4-12(7-11)21-16(19)23/h2-9H,1H3,(H,20,22)(H3,19,21,23). The summed E-state index contributed by atoms with van der Waals surface area (Å²) >= 11 is 0. The topological polar surface area (TPSA) is 84.2 Å². The van der Waals surface area contributed by atoms with Gasteiger partial charge in [-0.1, -0.05) is 12.1 Å². The minimum Gasteiger partial charge on any atom is -0.351 e. The number of amides is 3. The van der Waals surface area contributed by atoms with Gasteiger partial charge < -0.3 is 16.4 Å². The molecule has 1 unspecified atom stereocenters. The molecule has 7 heteroatoms. The van der Waals surface area contributed by atoms with Crippen LogP contribution in [0.4, 0.5) is 19.3 Å². The van der Waals surface area contributed by atoms with E-state index in [2.05, 4.69) is 10.6 Å². The Morgan fingerprint density at radius 2 is 1.83 bits per heavy atom. The Morgan fingerprint density at radius 1 is 1.09 bits per heavy atom. The monoisotopic (exact) mass is 319 g/mol. The molecule has 0 fully saturated rings. The minimum absolute atomic E-state index is 0.297. The van der Waals surface area contributed by atoms with E-state index in [1.54, 1.807) is 25.1 Å². The zero-order valence-electron chi connectivity index (χ0n) is 12.3. The predicted octanol–water partition coefficient (Wildman–Crippen LogP) is 2.95. The molecule has 0 aliphatic heterocycles. The molecule has 0 aliphatic carbocycles. The Balaban J connectivity index is 2.11. The SMILES string of the molecule is CC(NC(=O)c1cccc(NC(N)=O)c1)c1ccc(F)c(F)c1. The molecule has 23 heavy (non-hydrogen) atoms. The fourth-order valence-electron chi connectivity index (χ4n) is 2.03. The molecule has 120 valence electrons. The Morgan fingerprint density at radius 3 is 2.48 bits per heavy atom. The van der Waals surface area contributed by atoms with Gasteiger partial charge in [-0.3, -0.25) is 4.79 Å². The quantitative estimate of drug-likeness (QED) is 0.809. The molecule has 2 aromatic carbocycles. The lowest BCUT2D eigenvalue weighted by Gasteiger charge is -2.15. The van der Waals surface area contributed by atoms with Gasteiger partial charge in [-0.2, -0.15) is 0 Å². The number of primary amides is 1. The molecule has 1 atom stereocenters. The van der Waals surface area contributed by atoms with Crippen LogP contribution in [0.2, 0.25) is 0 Å². The molecule has 0 spiro atoms. The maximum Gasteiger partial charge on any atom is 0.316 e. The number of nitrogens with one attached hydrogen (secondary N) is 2. The van der Waals surface area contributed by atoms with E-state index >= 15 is 0 Å². The maximum absolute atomic E-state index is 13.2. The Hall–Kier alpha value is -2.96. The minimum atomic E-state index is -0.976. The fourth-order valence-corrected chi connectivity index (χ4v) is 2.03. The highest BCUT2D eigenvalue weighted by Crippen LogP contribution is 2.17. The summed E-state index contributed by atoms with van der Waals surface area (Å²) in [5.41, 5.74) is 6.13. The number of benzene rings is 2. The molecule has 0 aliphatic rings. The van der Waals surface area contributed by atoms with Gasteiger partial charge in [0.1, 0.15) is 0 Å². The van der Waals surface area contributed by atoms with Crippen molar-refractivity contribution in [3.05, 3.63) is 65.2 Å². The van der Waals surface area contributed by atoms with Crippen LogP contribution in [0.5, 0.6) is 0 Å². The summed E-state index contributed by atoms with van der Waals surface area (Å²) in [6.07, 6.45) is 0. The molecule has 0 saturated carbocycles. The highest BCUT2D eigenvalue weighted by atomic mass is 19.2. The summed E-state index contributed by atoms with van der Waals surface area (Å²) in [7, 11) is 0. The van der Waals surface area contributed by atoms with Gasteiger partial charge >= 0.3 is 6.03 Å².